The Morgan fingerprint density at radius 3 is 2.95 bits per heavy atom. The van der Waals surface area contributed by atoms with Gasteiger partial charge in [0, 0.05) is 15.8 Å². The Kier molecular flexibility index (Phi) is 4.27. The molecule has 1 saturated carbocycles. The number of hydrogen-bond acceptors (Lipinski definition) is 3. The van der Waals surface area contributed by atoms with Crippen molar-refractivity contribution in [2.45, 2.75) is 32.6 Å². The van der Waals surface area contributed by atoms with Gasteiger partial charge in [0.2, 0.25) is 0 Å². The zero-order valence-corrected chi connectivity index (χ0v) is 13.4. The molecule has 1 fully saturated rings. The average Bonchev–Trinajstić information content (AvgIpc) is 2.84. The SMILES string of the molecule is C[C@H]1CCCC/C1=N\NC(=O)c1sc2ccccc2c1Cl. The number of halogens is 1. The number of hydrazone groups is 1. The Labute approximate surface area is 133 Å². The molecule has 0 aliphatic heterocycles. The molecular formula is C16H17ClN2OS. The van der Waals surface area contributed by atoms with Crippen molar-refractivity contribution in [3.8, 4) is 0 Å². The standard InChI is InChI=1S/C16H17ClN2OS/c1-10-6-2-4-8-12(10)18-19-16(20)15-14(17)11-7-3-5-9-13(11)21-15/h3,5,7,9-10H,2,4,6,8H2,1H3,(H,19,20)/b18-12+/t10-/m0/s1. The number of rotatable bonds is 2. The summed E-state index contributed by atoms with van der Waals surface area (Å²) in [6, 6.07) is 7.77. The first-order chi connectivity index (χ1) is 10.2. The molecule has 0 bridgehead atoms. The third-order valence-electron chi connectivity index (χ3n) is 3.93. The van der Waals surface area contributed by atoms with Gasteiger partial charge in [0.15, 0.2) is 0 Å². The average molecular weight is 321 g/mol. The summed E-state index contributed by atoms with van der Waals surface area (Å²) in [6.45, 7) is 2.16. The fraction of sp³-hybridized carbons (Fsp3) is 0.375. The lowest BCUT2D eigenvalue weighted by molar-refractivity contribution is 0.0958. The van der Waals surface area contributed by atoms with Gasteiger partial charge in [0.1, 0.15) is 4.88 Å². The molecule has 0 unspecified atom stereocenters. The van der Waals surface area contributed by atoms with E-state index >= 15 is 0 Å². The van der Waals surface area contributed by atoms with Crippen molar-refractivity contribution in [1.82, 2.24) is 5.43 Å². The van der Waals surface area contributed by atoms with E-state index in [0.29, 0.717) is 15.8 Å². The second kappa shape index (κ2) is 6.16. The smallest absolute Gasteiger partial charge is 0.266 e. The number of carbonyl (C=O) groups is 1. The Hall–Kier alpha value is -1.39. The van der Waals surface area contributed by atoms with Crippen LogP contribution in [0.3, 0.4) is 0 Å². The third-order valence-corrected chi connectivity index (χ3v) is 5.61. The van der Waals surface area contributed by atoms with Crippen LogP contribution in [0.2, 0.25) is 5.02 Å². The first-order valence-electron chi connectivity index (χ1n) is 7.20. The molecule has 0 saturated heterocycles. The Morgan fingerprint density at radius 2 is 2.19 bits per heavy atom. The molecule has 1 aliphatic rings. The van der Waals surface area contributed by atoms with Gasteiger partial charge in [0.05, 0.1) is 5.02 Å². The minimum atomic E-state index is -0.216. The molecule has 1 N–H and O–H groups in total. The number of carbonyl (C=O) groups excluding carboxylic acids is 1. The van der Waals surface area contributed by atoms with Crippen molar-refractivity contribution >= 4 is 44.6 Å². The molecule has 21 heavy (non-hydrogen) atoms. The maximum Gasteiger partial charge on any atom is 0.283 e. The van der Waals surface area contributed by atoms with Crippen molar-refractivity contribution in [3.63, 3.8) is 0 Å². The van der Waals surface area contributed by atoms with E-state index in [0.717, 1.165) is 35.1 Å². The number of thiophene rings is 1. The summed E-state index contributed by atoms with van der Waals surface area (Å²) < 4.78 is 1.02. The van der Waals surface area contributed by atoms with Gasteiger partial charge in [0.25, 0.3) is 5.91 Å². The molecule has 3 rings (SSSR count). The van der Waals surface area contributed by atoms with Crippen LogP contribution in [0.25, 0.3) is 10.1 Å². The second-order valence-corrected chi connectivity index (χ2v) is 6.86. The van der Waals surface area contributed by atoms with E-state index in [2.05, 4.69) is 17.5 Å². The van der Waals surface area contributed by atoms with E-state index in [4.69, 9.17) is 11.6 Å². The van der Waals surface area contributed by atoms with E-state index in [-0.39, 0.29) is 5.91 Å². The minimum absolute atomic E-state index is 0.216. The van der Waals surface area contributed by atoms with Crippen LogP contribution in [-0.2, 0) is 0 Å². The summed E-state index contributed by atoms with van der Waals surface area (Å²) in [5.41, 5.74) is 3.77. The van der Waals surface area contributed by atoms with Gasteiger partial charge in [-0.15, -0.1) is 11.3 Å². The number of nitrogens with one attached hydrogen (secondary N) is 1. The van der Waals surface area contributed by atoms with Crippen LogP contribution < -0.4 is 5.43 Å². The zero-order chi connectivity index (χ0) is 14.8. The first kappa shape index (κ1) is 14.5. The molecule has 5 heteroatoms. The molecule has 1 aliphatic carbocycles. The number of fused-ring (bicyclic) bond motifs is 1. The number of amides is 1. The monoisotopic (exact) mass is 320 g/mol. The molecule has 1 aromatic carbocycles. The zero-order valence-electron chi connectivity index (χ0n) is 11.9. The van der Waals surface area contributed by atoms with Gasteiger partial charge in [-0.3, -0.25) is 4.79 Å². The lowest BCUT2D eigenvalue weighted by Gasteiger charge is -2.19. The van der Waals surface area contributed by atoms with Crippen molar-refractivity contribution in [3.05, 3.63) is 34.2 Å². The highest BCUT2D eigenvalue weighted by atomic mass is 35.5. The highest BCUT2D eigenvalue weighted by molar-refractivity contribution is 7.21. The predicted molar refractivity (Wildman–Crippen MR) is 89.4 cm³/mol. The van der Waals surface area contributed by atoms with E-state index in [1.807, 2.05) is 24.3 Å². The van der Waals surface area contributed by atoms with Crippen molar-refractivity contribution in [1.29, 1.82) is 0 Å². The largest absolute Gasteiger partial charge is 0.283 e. The molecule has 3 nitrogen and oxygen atoms in total. The van der Waals surface area contributed by atoms with Gasteiger partial charge < -0.3 is 0 Å². The summed E-state index contributed by atoms with van der Waals surface area (Å²) in [7, 11) is 0. The maximum atomic E-state index is 12.3. The van der Waals surface area contributed by atoms with Crippen LogP contribution in [0.1, 0.15) is 42.3 Å². The molecule has 0 radical (unpaired) electrons. The van der Waals surface area contributed by atoms with Gasteiger partial charge in [-0.25, -0.2) is 5.43 Å². The highest BCUT2D eigenvalue weighted by Crippen LogP contribution is 2.35. The quantitative estimate of drug-likeness (QED) is 0.789. The van der Waals surface area contributed by atoms with Gasteiger partial charge in [-0.1, -0.05) is 43.1 Å². The fourth-order valence-corrected chi connectivity index (χ4v) is 4.08. The van der Waals surface area contributed by atoms with E-state index in [9.17, 15) is 4.79 Å². The van der Waals surface area contributed by atoms with Gasteiger partial charge >= 0.3 is 0 Å². The molecule has 1 amide bonds. The maximum absolute atomic E-state index is 12.3. The minimum Gasteiger partial charge on any atom is -0.266 e. The molecule has 1 heterocycles. The van der Waals surface area contributed by atoms with Crippen LogP contribution in [0.5, 0.6) is 0 Å². The lowest BCUT2D eigenvalue weighted by atomic mass is 9.89. The predicted octanol–water partition coefficient (Wildman–Crippen LogP) is 4.85. The van der Waals surface area contributed by atoms with Crippen molar-refractivity contribution in [2.75, 3.05) is 0 Å². The Balaban J connectivity index is 1.81. The fourth-order valence-electron chi connectivity index (χ4n) is 2.67. The van der Waals surface area contributed by atoms with Gasteiger partial charge in [-0.2, -0.15) is 5.10 Å². The summed E-state index contributed by atoms with van der Waals surface area (Å²) in [4.78, 5) is 12.8. The lowest BCUT2D eigenvalue weighted by Crippen LogP contribution is -2.23. The van der Waals surface area contributed by atoms with Crippen LogP contribution in [0, 0.1) is 5.92 Å². The van der Waals surface area contributed by atoms with Crippen LogP contribution >= 0.6 is 22.9 Å². The third kappa shape index (κ3) is 2.97. The molecule has 1 atom stereocenters. The Bertz CT molecular complexity index is 707. The highest BCUT2D eigenvalue weighted by Gasteiger charge is 2.19. The molecular weight excluding hydrogens is 304 g/mol. The topological polar surface area (TPSA) is 41.5 Å². The Morgan fingerprint density at radius 1 is 1.38 bits per heavy atom. The molecule has 2 aromatic rings. The van der Waals surface area contributed by atoms with Crippen molar-refractivity contribution in [2.24, 2.45) is 11.0 Å². The number of hydrogen-bond donors (Lipinski definition) is 1. The summed E-state index contributed by atoms with van der Waals surface area (Å²) in [6.07, 6.45) is 4.53. The van der Waals surface area contributed by atoms with Crippen LogP contribution in [-0.4, -0.2) is 11.6 Å². The molecule has 1 aromatic heterocycles. The van der Waals surface area contributed by atoms with E-state index in [1.54, 1.807) is 0 Å². The summed E-state index contributed by atoms with van der Waals surface area (Å²) >= 11 is 7.71. The second-order valence-electron chi connectivity index (χ2n) is 5.43. The van der Waals surface area contributed by atoms with Gasteiger partial charge in [-0.05, 0) is 31.2 Å². The number of nitrogens with zero attached hydrogens (tertiary/aromatic N) is 1. The van der Waals surface area contributed by atoms with Crippen molar-refractivity contribution < 1.29 is 4.79 Å². The van der Waals surface area contributed by atoms with Crippen LogP contribution in [0.4, 0.5) is 0 Å². The number of benzene rings is 1. The first-order valence-corrected chi connectivity index (χ1v) is 8.40. The van der Waals surface area contributed by atoms with Crippen LogP contribution in [0.15, 0.2) is 29.4 Å². The summed E-state index contributed by atoms with van der Waals surface area (Å²) in [5, 5.41) is 5.76. The normalized spacial score (nSPS) is 20.9. The summed E-state index contributed by atoms with van der Waals surface area (Å²) in [5.74, 6) is 0.239. The van der Waals surface area contributed by atoms with E-state index in [1.165, 1.54) is 17.8 Å². The molecule has 110 valence electrons. The molecule has 0 spiro atoms. The van der Waals surface area contributed by atoms with E-state index < -0.39 is 0 Å².